The van der Waals surface area contributed by atoms with Gasteiger partial charge in [-0.3, -0.25) is 4.79 Å². The molecule has 0 N–H and O–H groups in total. The van der Waals surface area contributed by atoms with Gasteiger partial charge < -0.3 is 14.2 Å². The van der Waals surface area contributed by atoms with Gasteiger partial charge in [-0.2, -0.15) is 0 Å². The number of carbonyl (C=O) groups excluding carboxylic acids is 1. The number of carbonyl (C=O) groups is 1. The Balaban J connectivity index is 2.23. The van der Waals surface area contributed by atoms with E-state index < -0.39 is 0 Å². The van der Waals surface area contributed by atoms with E-state index in [2.05, 4.69) is 22.9 Å². The Morgan fingerprint density at radius 3 is 3.00 bits per heavy atom. The molecule has 0 bridgehead atoms. The molecule has 0 aromatic carbocycles. The summed E-state index contributed by atoms with van der Waals surface area (Å²) in [6.45, 7) is 6.90. The molecular formula is C13H19BrN2O2. The van der Waals surface area contributed by atoms with Crippen LogP contribution in [0.2, 0.25) is 0 Å². The van der Waals surface area contributed by atoms with Crippen LogP contribution < -0.4 is 0 Å². The van der Waals surface area contributed by atoms with E-state index in [4.69, 9.17) is 4.74 Å². The van der Waals surface area contributed by atoms with Crippen LogP contribution in [-0.4, -0.2) is 41.2 Å². The van der Waals surface area contributed by atoms with E-state index in [0.29, 0.717) is 19.8 Å². The van der Waals surface area contributed by atoms with E-state index in [1.54, 1.807) is 0 Å². The van der Waals surface area contributed by atoms with Gasteiger partial charge in [0.1, 0.15) is 5.69 Å². The SMILES string of the molecule is CCC1COCCN1C(=O)c1cc(Br)cn1CC. The van der Waals surface area contributed by atoms with Gasteiger partial charge in [-0.05, 0) is 35.3 Å². The summed E-state index contributed by atoms with van der Waals surface area (Å²) in [5, 5.41) is 0. The zero-order chi connectivity index (χ0) is 13.1. The predicted octanol–water partition coefficient (Wildman–Crippen LogP) is 2.52. The summed E-state index contributed by atoms with van der Waals surface area (Å²) in [5.74, 6) is 0.109. The van der Waals surface area contributed by atoms with Crippen molar-refractivity contribution in [3.05, 3.63) is 22.4 Å². The first-order valence-electron chi connectivity index (χ1n) is 6.41. The smallest absolute Gasteiger partial charge is 0.270 e. The molecule has 1 fully saturated rings. The number of hydrogen-bond donors (Lipinski definition) is 0. The van der Waals surface area contributed by atoms with Gasteiger partial charge in [-0.15, -0.1) is 0 Å². The van der Waals surface area contributed by atoms with Gasteiger partial charge in [0.15, 0.2) is 0 Å². The number of morpholine rings is 1. The topological polar surface area (TPSA) is 34.5 Å². The van der Waals surface area contributed by atoms with Crippen molar-refractivity contribution >= 4 is 21.8 Å². The molecule has 1 aromatic rings. The van der Waals surface area contributed by atoms with Crippen LogP contribution in [0.5, 0.6) is 0 Å². The van der Waals surface area contributed by atoms with Crippen LogP contribution in [0.3, 0.4) is 0 Å². The molecule has 18 heavy (non-hydrogen) atoms. The third-order valence-electron chi connectivity index (χ3n) is 3.38. The van der Waals surface area contributed by atoms with Gasteiger partial charge in [-0.25, -0.2) is 0 Å². The minimum atomic E-state index is 0.109. The number of halogens is 1. The van der Waals surface area contributed by atoms with Crippen LogP contribution in [0.4, 0.5) is 0 Å². The molecule has 1 aliphatic heterocycles. The van der Waals surface area contributed by atoms with Gasteiger partial charge in [0.25, 0.3) is 5.91 Å². The van der Waals surface area contributed by atoms with Crippen molar-refractivity contribution in [3.8, 4) is 0 Å². The van der Waals surface area contributed by atoms with Gasteiger partial charge in [0.2, 0.25) is 0 Å². The third kappa shape index (κ3) is 2.62. The quantitative estimate of drug-likeness (QED) is 0.859. The minimum Gasteiger partial charge on any atom is -0.377 e. The van der Waals surface area contributed by atoms with Crippen molar-refractivity contribution in [3.63, 3.8) is 0 Å². The van der Waals surface area contributed by atoms with Gasteiger partial charge >= 0.3 is 0 Å². The lowest BCUT2D eigenvalue weighted by atomic mass is 10.1. The Kier molecular flexibility index (Phi) is 4.45. The van der Waals surface area contributed by atoms with Gasteiger partial charge in [-0.1, -0.05) is 6.92 Å². The summed E-state index contributed by atoms with van der Waals surface area (Å²) in [7, 11) is 0. The van der Waals surface area contributed by atoms with Crippen LogP contribution in [0.15, 0.2) is 16.7 Å². The molecule has 1 atom stereocenters. The number of amides is 1. The largest absolute Gasteiger partial charge is 0.377 e. The fourth-order valence-electron chi connectivity index (χ4n) is 2.32. The molecule has 0 spiro atoms. The van der Waals surface area contributed by atoms with E-state index in [1.165, 1.54) is 0 Å². The first kappa shape index (κ1) is 13.6. The molecule has 1 aliphatic rings. The number of ether oxygens (including phenoxy) is 1. The van der Waals surface area contributed by atoms with Crippen molar-refractivity contribution < 1.29 is 9.53 Å². The number of aryl methyl sites for hydroxylation is 1. The molecule has 0 aliphatic carbocycles. The first-order valence-corrected chi connectivity index (χ1v) is 7.21. The fourth-order valence-corrected chi connectivity index (χ4v) is 2.79. The van der Waals surface area contributed by atoms with Crippen molar-refractivity contribution in [2.24, 2.45) is 0 Å². The summed E-state index contributed by atoms with van der Waals surface area (Å²) in [4.78, 5) is 14.5. The molecule has 2 heterocycles. The average Bonchev–Trinajstić information content (AvgIpc) is 2.79. The summed E-state index contributed by atoms with van der Waals surface area (Å²) in [6.07, 6.45) is 2.88. The molecule has 4 nitrogen and oxygen atoms in total. The maximum atomic E-state index is 12.6. The average molecular weight is 315 g/mol. The molecule has 0 saturated carbocycles. The third-order valence-corrected chi connectivity index (χ3v) is 3.82. The summed E-state index contributed by atoms with van der Waals surface area (Å²) < 4.78 is 8.37. The van der Waals surface area contributed by atoms with Crippen LogP contribution >= 0.6 is 15.9 Å². The molecule has 100 valence electrons. The minimum absolute atomic E-state index is 0.109. The molecule has 5 heteroatoms. The zero-order valence-electron chi connectivity index (χ0n) is 10.9. The van der Waals surface area contributed by atoms with Crippen LogP contribution in [0.25, 0.3) is 0 Å². The van der Waals surface area contributed by atoms with Crippen LogP contribution in [-0.2, 0) is 11.3 Å². The molecule has 1 saturated heterocycles. The van der Waals surface area contributed by atoms with Crippen molar-refractivity contribution in [2.75, 3.05) is 19.8 Å². The Bertz CT molecular complexity index is 431. The Morgan fingerprint density at radius 2 is 2.33 bits per heavy atom. The van der Waals surface area contributed by atoms with E-state index >= 15 is 0 Å². The second kappa shape index (κ2) is 5.89. The summed E-state index contributed by atoms with van der Waals surface area (Å²) >= 11 is 3.43. The Labute approximate surface area is 116 Å². The van der Waals surface area contributed by atoms with E-state index in [9.17, 15) is 4.79 Å². The van der Waals surface area contributed by atoms with E-state index in [1.807, 2.05) is 28.7 Å². The molecular weight excluding hydrogens is 296 g/mol. The predicted molar refractivity (Wildman–Crippen MR) is 73.7 cm³/mol. The molecule has 1 unspecified atom stereocenters. The highest BCUT2D eigenvalue weighted by Crippen LogP contribution is 2.19. The Hall–Kier alpha value is -0.810. The first-order chi connectivity index (χ1) is 8.67. The second-order valence-corrected chi connectivity index (χ2v) is 5.38. The Morgan fingerprint density at radius 1 is 1.56 bits per heavy atom. The molecule has 2 rings (SSSR count). The normalized spacial score (nSPS) is 20.2. The van der Waals surface area contributed by atoms with Crippen LogP contribution in [0, 0.1) is 0 Å². The van der Waals surface area contributed by atoms with Crippen molar-refractivity contribution in [2.45, 2.75) is 32.9 Å². The lowest BCUT2D eigenvalue weighted by molar-refractivity contribution is -0.00333. The summed E-state index contributed by atoms with van der Waals surface area (Å²) in [6, 6.07) is 2.10. The maximum absolute atomic E-state index is 12.6. The molecule has 0 radical (unpaired) electrons. The number of rotatable bonds is 3. The van der Waals surface area contributed by atoms with Crippen molar-refractivity contribution in [1.82, 2.24) is 9.47 Å². The molecule has 1 amide bonds. The second-order valence-electron chi connectivity index (χ2n) is 4.47. The zero-order valence-corrected chi connectivity index (χ0v) is 12.4. The van der Waals surface area contributed by atoms with Gasteiger partial charge in [0.05, 0.1) is 19.3 Å². The highest BCUT2D eigenvalue weighted by molar-refractivity contribution is 9.10. The number of hydrogen-bond acceptors (Lipinski definition) is 2. The molecule has 1 aromatic heterocycles. The highest BCUT2D eigenvalue weighted by Gasteiger charge is 2.28. The fraction of sp³-hybridized carbons (Fsp3) is 0.615. The lowest BCUT2D eigenvalue weighted by Gasteiger charge is -2.35. The monoisotopic (exact) mass is 314 g/mol. The lowest BCUT2D eigenvalue weighted by Crippen LogP contribution is -2.48. The van der Waals surface area contributed by atoms with Crippen LogP contribution in [0.1, 0.15) is 30.8 Å². The maximum Gasteiger partial charge on any atom is 0.270 e. The summed E-state index contributed by atoms with van der Waals surface area (Å²) in [5.41, 5.74) is 0.754. The van der Waals surface area contributed by atoms with E-state index in [-0.39, 0.29) is 11.9 Å². The van der Waals surface area contributed by atoms with Crippen molar-refractivity contribution in [1.29, 1.82) is 0 Å². The number of aromatic nitrogens is 1. The number of nitrogens with zero attached hydrogens (tertiary/aromatic N) is 2. The van der Waals surface area contributed by atoms with E-state index in [0.717, 1.165) is 23.1 Å². The standard InChI is InChI=1S/C13H19BrN2O2/c1-3-11-9-18-6-5-16(11)13(17)12-7-10(14)8-15(12)4-2/h7-8,11H,3-6,9H2,1-2H3. The highest BCUT2D eigenvalue weighted by atomic mass is 79.9. The van der Waals surface area contributed by atoms with Gasteiger partial charge in [0, 0.05) is 23.8 Å².